The minimum absolute atomic E-state index is 0.683. The van der Waals surface area contributed by atoms with Gasteiger partial charge in [-0.25, -0.2) is 5.26 Å². The van der Waals surface area contributed by atoms with Crippen molar-refractivity contribution < 1.29 is 19.9 Å². The zero-order valence-electron chi connectivity index (χ0n) is 10.2. The molecule has 2 rings (SSSR count). The highest BCUT2D eigenvalue weighted by Gasteiger charge is 2.36. The number of fused-ring (bicyclic) bond motifs is 1. The van der Waals surface area contributed by atoms with Crippen molar-refractivity contribution in [3.05, 3.63) is 84.7 Å². The molecular weight excluding hydrogens is 244 g/mol. The average Bonchev–Trinajstić information content (AvgIpc) is 2.41. The standard InChI is InChI=1S/C15H14O4/c16-19-18-15-12-8-6-4-2-1-3-5-7-10-14(15)11-9-13-17-15/h1-13,16H/b2-1+,5-3-,6-4-,10-7-,12-8+. The lowest BCUT2D eigenvalue weighted by molar-refractivity contribution is -0.537. The van der Waals surface area contributed by atoms with Crippen LogP contribution in [0.3, 0.4) is 0 Å². The molecule has 0 spiro atoms. The minimum Gasteiger partial charge on any atom is -0.459 e. The Morgan fingerprint density at radius 1 is 0.895 bits per heavy atom. The van der Waals surface area contributed by atoms with Crippen LogP contribution in [0.4, 0.5) is 0 Å². The van der Waals surface area contributed by atoms with E-state index in [0.717, 1.165) is 0 Å². The molecule has 0 bridgehead atoms. The molecule has 1 atom stereocenters. The van der Waals surface area contributed by atoms with Gasteiger partial charge in [0.1, 0.15) is 0 Å². The van der Waals surface area contributed by atoms with Gasteiger partial charge in [-0.1, -0.05) is 59.7 Å². The van der Waals surface area contributed by atoms with Gasteiger partial charge in [-0.05, 0) is 18.2 Å². The Labute approximate surface area is 111 Å². The van der Waals surface area contributed by atoms with Crippen LogP contribution >= 0.6 is 0 Å². The highest BCUT2D eigenvalue weighted by molar-refractivity contribution is 5.39. The van der Waals surface area contributed by atoms with E-state index in [1.807, 2.05) is 54.7 Å². The van der Waals surface area contributed by atoms with E-state index in [1.54, 1.807) is 18.2 Å². The number of allylic oxidation sites excluding steroid dienone is 10. The molecule has 1 aliphatic heterocycles. The molecule has 0 saturated heterocycles. The quantitative estimate of drug-likeness (QED) is 0.609. The largest absolute Gasteiger partial charge is 0.459 e. The number of hydrogen-bond acceptors (Lipinski definition) is 4. The van der Waals surface area contributed by atoms with Crippen LogP contribution in [0.1, 0.15) is 0 Å². The molecule has 4 nitrogen and oxygen atoms in total. The van der Waals surface area contributed by atoms with Crippen LogP contribution in [0, 0.1) is 0 Å². The summed E-state index contributed by atoms with van der Waals surface area (Å²) in [5, 5.41) is 12.4. The summed E-state index contributed by atoms with van der Waals surface area (Å²) < 4.78 is 5.44. The van der Waals surface area contributed by atoms with Crippen molar-refractivity contribution >= 4 is 0 Å². The molecule has 0 radical (unpaired) electrons. The maximum atomic E-state index is 8.59. The van der Waals surface area contributed by atoms with Crippen molar-refractivity contribution in [1.82, 2.24) is 0 Å². The van der Waals surface area contributed by atoms with Crippen molar-refractivity contribution in [1.29, 1.82) is 0 Å². The molecule has 4 heteroatoms. The Kier molecular flexibility index (Phi) is 4.69. The molecule has 0 saturated carbocycles. The predicted molar refractivity (Wildman–Crippen MR) is 71.5 cm³/mol. The van der Waals surface area contributed by atoms with E-state index in [4.69, 9.17) is 14.9 Å². The number of ether oxygens (including phenoxy) is 1. The van der Waals surface area contributed by atoms with Gasteiger partial charge in [-0.3, -0.25) is 0 Å². The molecule has 1 heterocycles. The fourth-order valence-electron chi connectivity index (χ4n) is 1.65. The summed E-state index contributed by atoms with van der Waals surface area (Å²) in [5.41, 5.74) is 0.683. The van der Waals surface area contributed by atoms with Gasteiger partial charge in [-0.15, -0.1) is 4.89 Å². The molecule has 0 amide bonds. The molecule has 1 N–H and O–H groups in total. The first-order chi connectivity index (χ1) is 9.37. The normalized spacial score (nSPS) is 33.6. The number of hydrogen-bond donors (Lipinski definition) is 1. The maximum Gasteiger partial charge on any atom is 0.288 e. The van der Waals surface area contributed by atoms with E-state index >= 15 is 0 Å². The Hall–Kier alpha value is -2.14. The van der Waals surface area contributed by atoms with E-state index in [-0.39, 0.29) is 0 Å². The van der Waals surface area contributed by atoms with E-state index in [9.17, 15) is 0 Å². The van der Waals surface area contributed by atoms with Gasteiger partial charge in [0.2, 0.25) is 0 Å². The van der Waals surface area contributed by atoms with Gasteiger partial charge in [0.15, 0.2) is 0 Å². The first kappa shape index (κ1) is 13.3. The van der Waals surface area contributed by atoms with Gasteiger partial charge < -0.3 is 4.74 Å². The lowest BCUT2D eigenvalue weighted by Crippen LogP contribution is -2.35. The summed E-state index contributed by atoms with van der Waals surface area (Å²) in [6, 6.07) is 0. The highest BCUT2D eigenvalue weighted by atomic mass is 17.5. The molecule has 0 aromatic carbocycles. The molecule has 1 aliphatic carbocycles. The van der Waals surface area contributed by atoms with Crippen LogP contribution in [0.5, 0.6) is 0 Å². The predicted octanol–water partition coefficient (Wildman–Crippen LogP) is 3.37. The minimum atomic E-state index is -1.30. The van der Waals surface area contributed by atoms with Crippen LogP contribution in [-0.2, 0) is 14.7 Å². The summed E-state index contributed by atoms with van der Waals surface area (Å²) >= 11 is 0. The molecule has 0 aromatic rings. The maximum absolute atomic E-state index is 8.59. The first-order valence-corrected chi connectivity index (χ1v) is 5.78. The van der Waals surface area contributed by atoms with Crippen LogP contribution < -0.4 is 0 Å². The average molecular weight is 258 g/mol. The Morgan fingerprint density at radius 2 is 1.58 bits per heavy atom. The van der Waals surface area contributed by atoms with E-state index in [1.165, 1.54) is 6.26 Å². The van der Waals surface area contributed by atoms with Gasteiger partial charge >= 0.3 is 0 Å². The summed E-state index contributed by atoms with van der Waals surface area (Å²) in [4.78, 5) is 4.88. The fraction of sp³-hybridized carbons (Fsp3) is 0.0667. The van der Waals surface area contributed by atoms with E-state index in [2.05, 4.69) is 5.04 Å². The molecular formula is C15H14O4. The zero-order valence-corrected chi connectivity index (χ0v) is 10.2. The summed E-state index contributed by atoms with van der Waals surface area (Å²) in [7, 11) is 0. The van der Waals surface area contributed by atoms with Crippen molar-refractivity contribution in [3.8, 4) is 0 Å². The highest BCUT2D eigenvalue weighted by Crippen LogP contribution is 2.30. The molecule has 0 aromatic heterocycles. The second kappa shape index (κ2) is 6.70. The Morgan fingerprint density at radius 3 is 2.32 bits per heavy atom. The fourth-order valence-corrected chi connectivity index (χ4v) is 1.65. The second-order valence-electron chi connectivity index (χ2n) is 3.77. The third-order valence-corrected chi connectivity index (χ3v) is 2.53. The lowest BCUT2D eigenvalue weighted by Gasteiger charge is -2.29. The van der Waals surface area contributed by atoms with Crippen molar-refractivity contribution in [3.63, 3.8) is 0 Å². The summed E-state index contributed by atoms with van der Waals surface area (Å²) in [6.07, 6.45) is 23.3. The van der Waals surface area contributed by atoms with E-state index in [0.29, 0.717) is 5.57 Å². The molecule has 2 aliphatic rings. The Bertz CT molecular complexity index is 506. The summed E-state index contributed by atoms with van der Waals surface area (Å²) in [6.45, 7) is 0. The molecule has 1 unspecified atom stereocenters. The van der Waals surface area contributed by atoms with Crippen molar-refractivity contribution in [2.24, 2.45) is 0 Å². The SMILES string of the molecule is OOOC12/C=C/C=C\C=C\C=C/C=C\C1=CC=CO2. The zero-order chi connectivity index (χ0) is 13.4. The van der Waals surface area contributed by atoms with Crippen LogP contribution in [-0.4, -0.2) is 11.0 Å². The van der Waals surface area contributed by atoms with E-state index < -0.39 is 5.79 Å². The second-order valence-corrected chi connectivity index (χ2v) is 3.77. The van der Waals surface area contributed by atoms with Crippen molar-refractivity contribution in [2.75, 3.05) is 0 Å². The first-order valence-electron chi connectivity index (χ1n) is 5.78. The molecule has 0 fully saturated rings. The number of rotatable bonds is 2. The lowest BCUT2D eigenvalue weighted by atomic mass is 10.0. The monoisotopic (exact) mass is 258 g/mol. The van der Waals surface area contributed by atoms with Gasteiger partial charge in [-0.2, -0.15) is 0 Å². The Balaban J connectivity index is 2.40. The molecule has 98 valence electrons. The van der Waals surface area contributed by atoms with Crippen LogP contribution in [0.15, 0.2) is 84.7 Å². The van der Waals surface area contributed by atoms with Gasteiger partial charge in [0.25, 0.3) is 5.79 Å². The van der Waals surface area contributed by atoms with Crippen molar-refractivity contribution in [2.45, 2.75) is 5.79 Å². The topological polar surface area (TPSA) is 47.9 Å². The third kappa shape index (κ3) is 3.42. The van der Waals surface area contributed by atoms with Crippen LogP contribution in [0.2, 0.25) is 0 Å². The van der Waals surface area contributed by atoms with Gasteiger partial charge in [0.05, 0.1) is 6.26 Å². The summed E-state index contributed by atoms with van der Waals surface area (Å²) in [5.74, 6) is -1.30. The third-order valence-electron chi connectivity index (χ3n) is 2.53. The van der Waals surface area contributed by atoms with Crippen LogP contribution in [0.25, 0.3) is 0 Å². The van der Waals surface area contributed by atoms with Gasteiger partial charge in [0, 0.05) is 5.57 Å². The smallest absolute Gasteiger partial charge is 0.288 e. The molecule has 19 heavy (non-hydrogen) atoms.